The summed E-state index contributed by atoms with van der Waals surface area (Å²) in [7, 11) is 3.27. The van der Waals surface area contributed by atoms with E-state index in [0.29, 0.717) is 0 Å². The number of hydrogen-bond donors (Lipinski definition) is 1. The van der Waals surface area contributed by atoms with E-state index in [4.69, 9.17) is 0 Å². The van der Waals surface area contributed by atoms with Crippen LogP contribution >= 0.6 is 0 Å². The fraction of sp³-hybridized carbons (Fsp3) is 0.250. The van der Waals surface area contributed by atoms with Crippen molar-refractivity contribution in [3.05, 3.63) is 41.5 Å². The van der Waals surface area contributed by atoms with E-state index in [9.17, 15) is 0 Å². The average Bonchev–Trinajstić information content (AvgIpc) is 2.22. The first kappa shape index (κ1) is 12.6. The maximum absolute atomic E-state index is 4.50. The van der Waals surface area contributed by atoms with Gasteiger partial charge in [0.2, 0.25) is 0 Å². The summed E-state index contributed by atoms with van der Waals surface area (Å²) in [5.41, 5.74) is 8.04. The highest BCUT2D eigenvalue weighted by molar-refractivity contribution is 5.86. The van der Waals surface area contributed by atoms with Gasteiger partial charge in [-0.3, -0.25) is 4.99 Å². The molecule has 0 unspecified atom stereocenters. The molecule has 0 bridgehead atoms. The van der Waals surface area contributed by atoms with Crippen molar-refractivity contribution in [3.8, 4) is 0 Å². The van der Waals surface area contributed by atoms with Gasteiger partial charge in [0, 0.05) is 13.3 Å². The third kappa shape index (κ3) is 3.15. The van der Waals surface area contributed by atoms with E-state index in [-0.39, 0.29) is 0 Å². The summed E-state index contributed by atoms with van der Waals surface area (Å²) in [6, 6.07) is 6.14. The minimum atomic E-state index is 1.13. The highest BCUT2D eigenvalue weighted by Gasteiger charge is 1.97. The Kier molecular flexibility index (Phi) is 6.33. The standard InChI is InChI=1S/C11H13N.CH5N/c1-4-11-9(2)6-5-7-10(11)8-12-3;1-2/h4-8H,1H2,2-3H3;2H2,1H3. The number of nitrogens with zero attached hydrogens (tertiary/aromatic N) is 1. The van der Waals surface area contributed by atoms with E-state index in [2.05, 4.69) is 30.3 Å². The minimum absolute atomic E-state index is 1.13. The third-order valence-corrected chi connectivity index (χ3v) is 1.83. The van der Waals surface area contributed by atoms with Crippen LogP contribution < -0.4 is 5.73 Å². The van der Waals surface area contributed by atoms with E-state index >= 15 is 0 Å². The van der Waals surface area contributed by atoms with Crippen molar-refractivity contribution in [1.82, 2.24) is 0 Å². The zero-order chi connectivity index (χ0) is 11.0. The van der Waals surface area contributed by atoms with Crippen LogP contribution in [0.5, 0.6) is 0 Å². The molecule has 0 aliphatic carbocycles. The van der Waals surface area contributed by atoms with Gasteiger partial charge in [-0.25, -0.2) is 0 Å². The summed E-state index contributed by atoms with van der Waals surface area (Å²) >= 11 is 0. The van der Waals surface area contributed by atoms with E-state index in [1.54, 1.807) is 7.05 Å². The Balaban J connectivity index is 0.000000791. The second-order valence-corrected chi connectivity index (χ2v) is 2.67. The summed E-state index contributed by atoms with van der Waals surface area (Å²) in [6.07, 6.45) is 3.72. The predicted octanol–water partition coefficient (Wildman–Crippen LogP) is 2.26. The monoisotopic (exact) mass is 190 g/mol. The quantitative estimate of drug-likeness (QED) is 0.714. The zero-order valence-electron chi connectivity index (χ0n) is 9.12. The van der Waals surface area contributed by atoms with Gasteiger partial charge >= 0.3 is 0 Å². The number of aliphatic imine (C=N–C) groups is 1. The Morgan fingerprint density at radius 1 is 1.36 bits per heavy atom. The lowest BCUT2D eigenvalue weighted by atomic mass is 10.0. The van der Waals surface area contributed by atoms with Crippen LogP contribution in [0.4, 0.5) is 0 Å². The largest absolute Gasteiger partial charge is 0.333 e. The van der Waals surface area contributed by atoms with Crippen LogP contribution in [0.25, 0.3) is 6.08 Å². The van der Waals surface area contributed by atoms with Crippen LogP contribution in [-0.2, 0) is 0 Å². The Bertz CT molecular complexity index is 314. The molecule has 2 nitrogen and oxygen atoms in total. The van der Waals surface area contributed by atoms with Gasteiger partial charge in [-0.15, -0.1) is 0 Å². The normalized spacial score (nSPS) is 9.43. The lowest BCUT2D eigenvalue weighted by molar-refractivity contribution is 1.41. The second-order valence-electron chi connectivity index (χ2n) is 2.67. The summed E-state index contributed by atoms with van der Waals surface area (Å²) in [5.74, 6) is 0. The number of hydrogen-bond acceptors (Lipinski definition) is 2. The molecule has 0 heterocycles. The van der Waals surface area contributed by atoms with Crippen molar-refractivity contribution in [2.45, 2.75) is 6.92 Å². The molecule has 0 saturated carbocycles. The molecule has 1 aromatic carbocycles. The second kappa shape index (κ2) is 7.04. The number of benzene rings is 1. The first-order chi connectivity index (χ1) is 6.79. The molecule has 0 fully saturated rings. The molecule has 0 saturated heterocycles. The lowest BCUT2D eigenvalue weighted by Gasteiger charge is -2.03. The molecular formula is C12H18N2. The van der Waals surface area contributed by atoms with Crippen LogP contribution in [0.2, 0.25) is 0 Å². The van der Waals surface area contributed by atoms with E-state index in [1.165, 1.54) is 18.2 Å². The van der Waals surface area contributed by atoms with E-state index in [1.807, 2.05) is 24.4 Å². The molecule has 1 rings (SSSR count). The summed E-state index contributed by atoms with van der Waals surface area (Å²) in [6.45, 7) is 5.85. The highest BCUT2D eigenvalue weighted by Crippen LogP contribution is 2.13. The fourth-order valence-electron chi connectivity index (χ4n) is 1.23. The Morgan fingerprint density at radius 2 is 2.00 bits per heavy atom. The smallest absolute Gasteiger partial charge is 0.0287 e. The van der Waals surface area contributed by atoms with Crippen molar-refractivity contribution >= 4 is 12.3 Å². The lowest BCUT2D eigenvalue weighted by Crippen LogP contribution is -1.89. The van der Waals surface area contributed by atoms with Gasteiger partial charge in [0.1, 0.15) is 0 Å². The molecule has 0 radical (unpaired) electrons. The molecular weight excluding hydrogens is 172 g/mol. The topological polar surface area (TPSA) is 38.4 Å². The van der Waals surface area contributed by atoms with Crippen LogP contribution in [0.1, 0.15) is 16.7 Å². The molecule has 14 heavy (non-hydrogen) atoms. The molecule has 76 valence electrons. The van der Waals surface area contributed by atoms with Gasteiger partial charge in [0.05, 0.1) is 0 Å². The van der Waals surface area contributed by atoms with Gasteiger partial charge < -0.3 is 5.73 Å². The van der Waals surface area contributed by atoms with Crippen molar-refractivity contribution < 1.29 is 0 Å². The number of aryl methyl sites for hydroxylation is 1. The number of nitrogens with two attached hydrogens (primary N) is 1. The molecule has 2 N–H and O–H groups in total. The maximum atomic E-state index is 4.50. The van der Waals surface area contributed by atoms with Gasteiger partial charge in [-0.1, -0.05) is 30.9 Å². The summed E-state index contributed by atoms with van der Waals surface area (Å²) in [4.78, 5) is 3.98. The predicted molar refractivity (Wildman–Crippen MR) is 64.9 cm³/mol. The molecule has 0 aliphatic rings. The fourth-order valence-corrected chi connectivity index (χ4v) is 1.23. The highest BCUT2D eigenvalue weighted by atomic mass is 14.6. The third-order valence-electron chi connectivity index (χ3n) is 1.83. The van der Waals surface area contributed by atoms with Gasteiger partial charge in [0.25, 0.3) is 0 Å². The molecule has 2 heteroatoms. The van der Waals surface area contributed by atoms with Crippen LogP contribution in [0.3, 0.4) is 0 Å². The maximum Gasteiger partial charge on any atom is 0.0287 e. The van der Waals surface area contributed by atoms with Crippen molar-refractivity contribution in [2.75, 3.05) is 14.1 Å². The van der Waals surface area contributed by atoms with Crippen molar-refractivity contribution in [2.24, 2.45) is 10.7 Å². The molecule has 0 amide bonds. The van der Waals surface area contributed by atoms with Gasteiger partial charge in [-0.2, -0.15) is 0 Å². The van der Waals surface area contributed by atoms with Crippen LogP contribution in [0, 0.1) is 6.92 Å². The first-order valence-corrected chi connectivity index (χ1v) is 4.51. The van der Waals surface area contributed by atoms with Crippen molar-refractivity contribution in [1.29, 1.82) is 0 Å². The molecule has 0 spiro atoms. The molecule has 0 aliphatic heterocycles. The van der Waals surface area contributed by atoms with Crippen LogP contribution in [-0.4, -0.2) is 20.3 Å². The summed E-state index contributed by atoms with van der Waals surface area (Å²) in [5, 5.41) is 0. The van der Waals surface area contributed by atoms with Crippen molar-refractivity contribution in [3.63, 3.8) is 0 Å². The number of rotatable bonds is 2. The summed E-state index contributed by atoms with van der Waals surface area (Å²) < 4.78 is 0. The van der Waals surface area contributed by atoms with E-state index in [0.717, 1.165) is 5.56 Å². The van der Waals surface area contributed by atoms with Crippen LogP contribution in [0.15, 0.2) is 29.8 Å². The van der Waals surface area contributed by atoms with Gasteiger partial charge in [0.15, 0.2) is 0 Å². The van der Waals surface area contributed by atoms with E-state index < -0.39 is 0 Å². The Labute approximate surface area is 86.2 Å². The van der Waals surface area contributed by atoms with Gasteiger partial charge in [-0.05, 0) is 30.7 Å². The zero-order valence-corrected chi connectivity index (χ0v) is 9.12. The average molecular weight is 190 g/mol. The molecule has 0 aromatic heterocycles. The molecule has 0 atom stereocenters. The molecule has 1 aromatic rings. The first-order valence-electron chi connectivity index (χ1n) is 4.51. The Morgan fingerprint density at radius 3 is 2.50 bits per heavy atom. The Hall–Kier alpha value is -1.41. The SMILES string of the molecule is C=Cc1c(C)cccc1C=NC.CN. The minimum Gasteiger partial charge on any atom is -0.333 e.